The van der Waals surface area contributed by atoms with Crippen LogP contribution in [0.15, 0.2) is 27.7 Å². The summed E-state index contributed by atoms with van der Waals surface area (Å²) < 4.78 is 51.6. The smallest absolute Gasteiger partial charge is 0.377 e. The molecule has 2 aliphatic heterocycles. The van der Waals surface area contributed by atoms with E-state index in [9.17, 15) is 18.0 Å². The van der Waals surface area contributed by atoms with Gasteiger partial charge in [-0.25, -0.2) is 0 Å². The molecule has 1 fully saturated rings. The first kappa shape index (κ1) is 18.8. The van der Waals surface area contributed by atoms with Crippen molar-refractivity contribution >= 4 is 11.8 Å². The number of nitrogens with zero attached hydrogens (tertiary/aromatic N) is 5. The molecule has 0 aliphatic carbocycles. The van der Waals surface area contributed by atoms with E-state index in [1.807, 2.05) is 11.8 Å². The van der Waals surface area contributed by atoms with Crippen molar-refractivity contribution in [2.24, 2.45) is 0 Å². The summed E-state index contributed by atoms with van der Waals surface area (Å²) in [5, 5.41) is 3.82. The summed E-state index contributed by atoms with van der Waals surface area (Å²) in [6.45, 7) is 3.68. The van der Waals surface area contributed by atoms with Crippen LogP contribution in [-0.2, 0) is 11.3 Å². The molecule has 0 bridgehead atoms. The van der Waals surface area contributed by atoms with Crippen LogP contribution < -0.4 is 15.4 Å². The van der Waals surface area contributed by atoms with Crippen LogP contribution >= 0.6 is 0 Å². The molecule has 2 atom stereocenters. The number of anilines is 2. The number of ether oxygens (including phenoxy) is 1. The SMILES string of the molecule is CC1COCCN1c1cc(=O)n2c(n1)N(Cc1ccon1)CCC2C(F)(F)F. The predicted molar refractivity (Wildman–Crippen MR) is 93.4 cm³/mol. The average molecular weight is 399 g/mol. The Morgan fingerprint density at radius 3 is 2.82 bits per heavy atom. The van der Waals surface area contributed by atoms with Gasteiger partial charge in [-0.15, -0.1) is 0 Å². The minimum atomic E-state index is -4.53. The van der Waals surface area contributed by atoms with E-state index in [0.717, 1.165) is 4.57 Å². The molecule has 28 heavy (non-hydrogen) atoms. The van der Waals surface area contributed by atoms with Gasteiger partial charge in [0.15, 0.2) is 0 Å². The zero-order chi connectivity index (χ0) is 19.9. The van der Waals surface area contributed by atoms with Crippen LogP contribution in [0.3, 0.4) is 0 Å². The molecule has 0 aromatic carbocycles. The highest BCUT2D eigenvalue weighted by Crippen LogP contribution is 2.38. The van der Waals surface area contributed by atoms with E-state index in [4.69, 9.17) is 9.26 Å². The number of aromatic nitrogens is 3. The van der Waals surface area contributed by atoms with Crippen LogP contribution in [-0.4, -0.2) is 53.2 Å². The molecular formula is C17H20F3N5O3. The molecule has 1 saturated heterocycles. The Morgan fingerprint density at radius 2 is 2.14 bits per heavy atom. The van der Waals surface area contributed by atoms with Crippen molar-refractivity contribution < 1.29 is 22.4 Å². The summed E-state index contributed by atoms with van der Waals surface area (Å²) in [6.07, 6.45) is -3.37. The number of hydrogen-bond acceptors (Lipinski definition) is 7. The van der Waals surface area contributed by atoms with E-state index in [0.29, 0.717) is 31.3 Å². The van der Waals surface area contributed by atoms with Gasteiger partial charge in [0, 0.05) is 25.2 Å². The molecule has 0 saturated carbocycles. The second-order valence-electron chi connectivity index (χ2n) is 7.00. The van der Waals surface area contributed by atoms with Gasteiger partial charge in [0.25, 0.3) is 5.56 Å². The third kappa shape index (κ3) is 3.46. The topological polar surface area (TPSA) is 76.6 Å². The van der Waals surface area contributed by atoms with Crippen LogP contribution in [0.1, 0.15) is 25.1 Å². The Labute approximate surface area is 158 Å². The van der Waals surface area contributed by atoms with E-state index < -0.39 is 17.8 Å². The number of fused-ring (bicyclic) bond motifs is 1. The maximum atomic E-state index is 13.6. The summed E-state index contributed by atoms with van der Waals surface area (Å²) in [4.78, 5) is 20.7. The highest BCUT2D eigenvalue weighted by Gasteiger charge is 2.45. The lowest BCUT2D eigenvalue weighted by molar-refractivity contribution is -0.171. The second-order valence-corrected chi connectivity index (χ2v) is 7.00. The van der Waals surface area contributed by atoms with Gasteiger partial charge in [-0.3, -0.25) is 9.36 Å². The Hall–Kier alpha value is -2.56. The molecule has 152 valence electrons. The van der Waals surface area contributed by atoms with Crippen LogP contribution in [0.4, 0.5) is 24.9 Å². The van der Waals surface area contributed by atoms with Gasteiger partial charge in [-0.2, -0.15) is 18.2 Å². The average Bonchev–Trinajstić information content (AvgIpc) is 3.14. The monoisotopic (exact) mass is 399 g/mol. The molecule has 2 aromatic heterocycles. The van der Waals surface area contributed by atoms with E-state index in [1.165, 1.54) is 12.3 Å². The molecule has 11 heteroatoms. The molecule has 0 radical (unpaired) electrons. The van der Waals surface area contributed by atoms with Crippen molar-refractivity contribution in [2.75, 3.05) is 36.1 Å². The second kappa shape index (κ2) is 7.12. The molecule has 2 aromatic rings. The molecular weight excluding hydrogens is 379 g/mol. The van der Waals surface area contributed by atoms with E-state index in [2.05, 4.69) is 10.1 Å². The highest BCUT2D eigenvalue weighted by atomic mass is 19.4. The maximum absolute atomic E-state index is 13.6. The lowest BCUT2D eigenvalue weighted by Gasteiger charge is -2.38. The number of halogens is 3. The van der Waals surface area contributed by atoms with Gasteiger partial charge in [0.2, 0.25) is 5.95 Å². The van der Waals surface area contributed by atoms with Crippen LogP contribution in [0.5, 0.6) is 0 Å². The molecule has 4 rings (SSSR count). The third-order valence-corrected chi connectivity index (χ3v) is 5.07. The lowest BCUT2D eigenvalue weighted by Crippen LogP contribution is -2.48. The normalized spacial score (nSPS) is 23.0. The van der Waals surface area contributed by atoms with Gasteiger partial charge >= 0.3 is 6.18 Å². The molecule has 8 nitrogen and oxygen atoms in total. The number of rotatable bonds is 3. The molecule has 4 heterocycles. The van der Waals surface area contributed by atoms with Crippen LogP contribution in [0.2, 0.25) is 0 Å². The first-order valence-corrected chi connectivity index (χ1v) is 9.03. The molecule has 0 amide bonds. The van der Waals surface area contributed by atoms with Crippen LogP contribution in [0, 0.1) is 0 Å². The fraction of sp³-hybridized carbons (Fsp3) is 0.588. The Morgan fingerprint density at radius 1 is 1.32 bits per heavy atom. The number of hydrogen-bond donors (Lipinski definition) is 0. The summed E-state index contributed by atoms with van der Waals surface area (Å²) in [7, 11) is 0. The third-order valence-electron chi connectivity index (χ3n) is 5.07. The molecule has 2 aliphatic rings. The first-order chi connectivity index (χ1) is 13.3. The summed E-state index contributed by atoms with van der Waals surface area (Å²) in [6, 6.07) is 0.887. The predicted octanol–water partition coefficient (Wildman–Crippen LogP) is 1.97. The highest BCUT2D eigenvalue weighted by molar-refractivity contribution is 5.47. The molecule has 0 N–H and O–H groups in total. The largest absolute Gasteiger partial charge is 0.409 e. The summed E-state index contributed by atoms with van der Waals surface area (Å²) in [5.41, 5.74) is -0.165. The first-order valence-electron chi connectivity index (χ1n) is 9.03. The fourth-order valence-electron chi connectivity index (χ4n) is 3.68. The van der Waals surface area contributed by atoms with Crippen molar-refractivity contribution in [1.82, 2.24) is 14.7 Å². The maximum Gasteiger partial charge on any atom is 0.409 e. The summed E-state index contributed by atoms with van der Waals surface area (Å²) >= 11 is 0. The van der Waals surface area contributed by atoms with Gasteiger partial charge in [0.05, 0.1) is 25.8 Å². The van der Waals surface area contributed by atoms with E-state index >= 15 is 0 Å². The van der Waals surface area contributed by atoms with Crippen molar-refractivity contribution in [2.45, 2.75) is 38.1 Å². The minimum absolute atomic E-state index is 0.00207. The zero-order valence-corrected chi connectivity index (χ0v) is 15.2. The van der Waals surface area contributed by atoms with Crippen molar-refractivity contribution in [3.63, 3.8) is 0 Å². The molecule has 2 unspecified atom stereocenters. The lowest BCUT2D eigenvalue weighted by atomic mass is 10.1. The van der Waals surface area contributed by atoms with Crippen LogP contribution in [0.25, 0.3) is 0 Å². The molecule has 0 spiro atoms. The van der Waals surface area contributed by atoms with Crippen molar-refractivity contribution in [3.8, 4) is 0 Å². The number of alkyl halides is 3. The summed E-state index contributed by atoms with van der Waals surface area (Å²) in [5.74, 6) is 0.359. The minimum Gasteiger partial charge on any atom is -0.377 e. The van der Waals surface area contributed by atoms with Gasteiger partial charge in [0.1, 0.15) is 23.8 Å². The number of morpholine rings is 1. The van der Waals surface area contributed by atoms with E-state index in [1.54, 1.807) is 11.0 Å². The Bertz CT molecular complexity index is 883. The zero-order valence-electron chi connectivity index (χ0n) is 15.2. The van der Waals surface area contributed by atoms with Gasteiger partial charge in [-0.1, -0.05) is 5.16 Å². The van der Waals surface area contributed by atoms with Crippen molar-refractivity contribution in [3.05, 3.63) is 34.4 Å². The Kier molecular flexibility index (Phi) is 4.77. The standard InChI is InChI=1S/C17H20F3N5O3/c1-11-10-27-7-5-24(11)14-8-15(26)25-13(17(18,19)20)2-4-23(16(25)21-14)9-12-3-6-28-22-12/h3,6,8,11,13H,2,4-5,7,9-10H2,1H3. The quantitative estimate of drug-likeness (QED) is 0.781. The van der Waals surface area contributed by atoms with E-state index in [-0.39, 0.29) is 31.5 Å². The fourth-order valence-corrected chi connectivity index (χ4v) is 3.68. The van der Waals surface area contributed by atoms with Gasteiger partial charge in [-0.05, 0) is 13.3 Å². The van der Waals surface area contributed by atoms with Gasteiger partial charge < -0.3 is 19.1 Å². The Balaban J connectivity index is 1.78. The van der Waals surface area contributed by atoms with Crippen molar-refractivity contribution in [1.29, 1.82) is 0 Å².